The van der Waals surface area contributed by atoms with E-state index in [9.17, 15) is 9.59 Å². The molecule has 0 radical (unpaired) electrons. The first kappa shape index (κ1) is 22.2. The summed E-state index contributed by atoms with van der Waals surface area (Å²) in [5.41, 5.74) is 3.23. The predicted molar refractivity (Wildman–Crippen MR) is 129 cm³/mol. The van der Waals surface area contributed by atoms with Crippen LogP contribution in [0.2, 0.25) is 0 Å². The van der Waals surface area contributed by atoms with E-state index in [4.69, 9.17) is 0 Å². The van der Waals surface area contributed by atoms with Crippen molar-refractivity contribution in [2.24, 2.45) is 0 Å². The van der Waals surface area contributed by atoms with Crippen LogP contribution >= 0.6 is 11.3 Å². The molecule has 0 aliphatic heterocycles. The van der Waals surface area contributed by atoms with Crippen molar-refractivity contribution in [3.63, 3.8) is 0 Å². The average molecular weight is 435 g/mol. The number of thiazole rings is 1. The molecule has 0 fully saturated rings. The molecule has 2 aromatic carbocycles. The van der Waals surface area contributed by atoms with Gasteiger partial charge in [-0.3, -0.25) is 14.5 Å². The number of hydrogen-bond acceptors (Lipinski definition) is 5. The summed E-state index contributed by atoms with van der Waals surface area (Å²) in [5, 5.41) is 5.23. The maximum Gasteiger partial charge on any atom is 0.248 e. The minimum Gasteiger partial charge on any atom is -0.372 e. The Morgan fingerprint density at radius 3 is 2.29 bits per heavy atom. The summed E-state index contributed by atoms with van der Waals surface area (Å²) in [5.74, 6) is -0.362. The van der Waals surface area contributed by atoms with Gasteiger partial charge in [-0.2, -0.15) is 0 Å². The van der Waals surface area contributed by atoms with E-state index in [0.29, 0.717) is 10.8 Å². The molecule has 2 amide bonds. The molecule has 0 bridgehead atoms. The summed E-state index contributed by atoms with van der Waals surface area (Å²) in [7, 11) is 0. The second-order valence-electron chi connectivity index (χ2n) is 6.79. The van der Waals surface area contributed by atoms with Crippen molar-refractivity contribution >= 4 is 51.4 Å². The Balaban J connectivity index is 1.65. The van der Waals surface area contributed by atoms with E-state index in [-0.39, 0.29) is 11.8 Å². The van der Waals surface area contributed by atoms with E-state index in [1.54, 1.807) is 11.0 Å². The topological polar surface area (TPSA) is 65.5 Å². The average Bonchev–Trinajstić information content (AvgIpc) is 3.23. The number of carbonyl (C=O) groups excluding carboxylic acids is 2. The van der Waals surface area contributed by atoms with E-state index in [1.165, 1.54) is 24.3 Å². The Morgan fingerprint density at radius 2 is 1.68 bits per heavy atom. The molecule has 31 heavy (non-hydrogen) atoms. The molecule has 160 valence electrons. The Morgan fingerprint density at radius 1 is 1.00 bits per heavy atom. The first-order valence-corrected chi connectivity index (χ1v) is 11.0. The molecule has 0 unspecified atom stereocenters. The number of nitrogens with one attached hydrogen (secondary N) is 1. The third kappa shape index (κ3) is 5.79. The Labute approximate surface area is 186 Å². The van der Waals surface area contributed by atoms with Gasteiger partial charge in [-0.25, -0.2) is 4.98 Å². The first-order valence-electron chi connectivity index (χ1n) is 10.2. The zero-order valence-electron chi connectivity index (χ0n) is 17.9. The maximum absolute atomic E-state index is 12.3. The third-order valence-electron chi connectivity index (χ3n) is 4.70. The monoisotopic (exact) mass is 434 g/mol. The highest BCUT2D eigenvalue weighted by atomic mass is 32.1. The molecule has 6 nitrogen and oxygen atoms in total. The fourth-order valence-corrected chi connectivity index (χ4v) is 4.00. The normalized spacial score (nSPS) is 10.8. The standard InChI is InChI=1S/C24H26N4O2S/c1-4-27(5-2)21-14-11-19(12-15-21)25-23(30)16-13-20-17-31-24(26-20)28(18(3)29)22-9-7-6-8-10-22/h6-17H,4-5H2,1-3H3,(H,25,30)/b16-13+. The van der Waals surface area contributed by atoms with Crippen molar-refractivity contribution < 1.29 is 9.59 Å². The summed E-state index contributed by atoms with van der Waals surface area (Å²) in [4.78, 5) is 32.7. The van der Waals surface area contributed by atoms with Crippen LogP contribution in [0, 0.1) is 0 Å². The van der Waals surface area contributed by atoms with Gasteiger partial charge in [0.2, 0.25) is 11.8 Å². The number of carbonyl (C=O) groups is 2. The number of para-hydroxylation sites is 1. The van der Waals surface area contributed by atoms with Gasteiger partial charge in [-0.05, 0) is 56.3 Å². The van der Waals surface area contributed by atoms with Crippen LogP contribution in [0.25, 0.3) is 6.08 Å². The Hall–Kier alpha value is -3.45. The van der Waals surface area contributed by atoms with Crippen LogP contribution in [0.3, 0.4) is 0 Å². The summed E-state index contributed by atoms with van der Waals surface area (Å²) in [6.07, 6.45) is 3.08. The molecule has 0 spiro atoms. The molecule has 1 aromatic heterocycles. The second-order valence-corrected chi connectivity index (χ2v) is 7.62. The molecular weight excluding hydrogens is 408 g/mol. The quantitative estimate of drug-likeness (QED) is 0.487. The molecule has 0 atom stereocenters. The second kappa shape index (κ2) is 10.5. The lowest BCUT2D eigenvalue weighted by molar-refractivity contribution is -0.116. The molecule has 0 aliphatic carbocycles. The van der Waals surface area contributed by atoms with Gasteiger partial charge in [0.25, 0.3) is 0 Å². The molecule has 7 heteroatoms. The number of aromatic nitrogens is 1. The lowest BCUT2D eigenvalue weighted by atomic mass is 10.2. The molecule has 1 N–H and O–H groups in total. The lowest BCUT2D eigenvalue weighted by Gasteiger charge is -2.21. The lowest BCUT2D eigenvalue weighted by Crippen LogP contribution is -2.22. The maximum atomic E-state index is 12.3. The highest BCUT2D eigenvalue weighted by Crippen LogP contribution is 2.29. The van der Waals surface area contributed by atoms with Crippen molar-refractivity contribution in [3.8, 4) is 0 Å². The summed E-state index contributed by atoms with van der Waals surface area (Å²) in [6, 6.07) is 17.1. The van der Waals surface area contributed by atoms with Gasteiger partial charge in [-0.15, -0.1) is 11.3 Å². The zero-order chi connectivity index (χ0) is 22.2. The van der Waals surface area contributed by atoms with Crippen LogP contribution in [0.5, 0.6) is 0 Å². The number of nitrogens with zero attached hydrogens (tertiary/aromatic N) is 3. The fourth-order valence-electron chi connectivity index (χ4n) is 3.15. The minimum atomic E-state index is -0.239. The van der Waals surface area contributed by atoms with Gasteiger partial charge in [0, 0.05) is 42.8 Å². The van der Waals surface area contributed by atoms with Gasteiger partial charge >= 0.3 is 0 Å². The van der Waals surface area contributed by atoms with Crippen molar-refractivity contribution in [2.45, 2.75) is 20.8 Å². The van der Waals surface area contributed by atoms with E-state index >= 15 is 0 Å². The first-order chi connectivity index (χ1) is 15.0. The largest absolute Gasteiger partial charge is 0.372 e. The molecule has 0 saturated heterocycles. The van der Waals surface area contributed by atoms with E-state index in [0.717, 1.165) is 30.2 Å². The molecular formula is C24H26N4O2S. The minimum absolute atomic E-state index is 0.123. The van der Waals surface area contributed by atoms with Crippen molar-refractivity contribution in [1.29, 1.82) is 0 Å². The SMILES string of the molecule is CCN(CC)c1ccc(NC(=O)/C=C/c2csc(N(C(C)=O)c3ccccc3)n2)cc1. The number of hydrogen-bond donors (Lipinski definition) is 1. The van der Waals surface area contributed by atoms with E-state index < -0.39 is 0 Å². The molecule has 0 aliphatic rings. The van der Waals surface area contributed by atoms with Crippen LogP contribution in [0.4, 0.5) is 22.2 Å². The van der Waals surface area contributed by atoms with Crippen LogP contribution < -0.4 is 15.1 Å². The van der Waals surface area contributed by atoms with Crippen LogP contribution in [-0.4, -0.2) is 29.9 Å². The highest BCUT2D eigenvalue weighted by molar-refractivity contribution is 7.14. The van der Waals surface area contributed by atoms with Crippen LogP contribution in [-0.2, 0) is 9.59 Å². The van der Waals surface area contributed by atoms with Crippen molar-refractivity contribution in [3.05, 3.63) is 71.7 Å². The zero-order valence-corrected chi connectivity index (χ0v) is 18.7. The summed E-state index contributed by atoms with van der Waals surface area (Å²) >= 11 is 1.35. The molecule has 3 aromatic rings. The van der Waals surface area contributed by atoms with Crippen molar-refractivity contribution in [2.75, 3.05) is 28.2 Å². The summed E-state index contributed by atoms with van der Waals surface area (Å²) in [6.45, 7) is 7.60. The van der Waals surface area contributed by atoms with E-state index in [1.807, 2.05) is 60.0 Å². The molecule has 0 saturated carbocycles. The third-order valence-corrected chi connectivity index (χ3v) is 5.54. The Bertz CT molecular complexity index is 1040. The smallest absolute Gasteiger partial charge is 0.248 e. The van der Waals surface area contributed by atoms with E-state index in [2.05, 4.69) is 29.0 Å². The van der Waals surface area contributed by atoms with Crippen molar-refractivity contribution in [1.82, 2.24) is 4.98 Å². The van der Waals surface area contributed by atoms with Crippen LogP contribution in [0.1, 0.15) is 26.5 Å². The molecule has 1 heterocycles. The number of anilines is 4. The van der Waals surface area contributed by atoms with Crippen LogP contribution in [0.15, 0.2) is 66.1 Å². The van der Waals surface area contributed by atoms with Gasteiger partial charge in [0.15, 0.2) is 5.13 Å². The number of amides is 2. The van der Waals surface area contributed by atoms with Gasteiger partial charge in [0.1, 0.15) is 0 Å². The Kier molecular flexibility index (Phi) is 7.56. The van der Waals surface area contributed by atoms with Gasteiger partial charge < -0.3 is 10.2 Å². The number of benzene rings is 2. The fraction of sp³-hybridized carbons (Fsp3) is 0.208. The van der Waals surface area contributed by atoms with Gasteiger partial charge in [-0.1, -0.05) is 18.2 Å². The number of rotatable bonds is 8. The van der Waals surface area contributed by atoms with Gasteiger partial charge in [0.05, 0.1) is 11.4 Å². The predicted octanol–water partition coefficient (Wildman–Crippen LogP) is 5.33. The highest BCUT2D eigenvalue weighted by Gasteiger charge is 2.17. The summed E-state index contributed by atoms with van der Waals surface area (Å²) < 4.78 is 0. The molecule has 3 rings (SSSR count).